The number of carbonyl (C=O) groups excluding carboxylic acids is 2. The van der Waals surface area contributed by atoms with E-state index < -0.39 is 6.23 Å². The summed E-state index contributed by atoms with van der Waals surface area (Å²) in [6.45, 7) is 3.41. The Hall–Kier alpha value is -1.84. The van der Waals surface area contributed by atoms with Crippen LogP contribution < -0.4 is 11.1 Å². The number of carbonyl (C=O) groups is 2. The number of nitrogens with two attached hydrogens (primary N) is 1. The number of allylic oxidation sites excluding steroid dienone is 1. The fourth-order valence-electron chi connectivity index (χ4n) is 1.57. The fraction of sp³-hybridized carbons (Fsp3) is 0.364. The maximum absolute atomic E-state index is 11.1. The van der Waals surface area contributed by atoms with Gasteiger partial charge in [0, 0.05) is 12.1 Å². The summed E-state index contributed by atoms with van der Waals surface area (Å²) in [5.41, 5.74) is 8.21. The molecule has 1 aliphatic heterocycles. The summed E-state index contributed by atoms with van der Waals surface area (Å²) >= 11 is 0. The number of ether oxygens (including phenoxy) is 1. The van der Waals surface area contributed by atoms with E-state index in [0.29, 0.717) is 6.29 Å². The highest BCUT2D eigenvalue weighted by Gasteiger charge is 2.36. The van der Waals surface area contributed by atoms with Crippen molar-refractivity contribution in [2.24, 2.45) is 11.7 Å². The Kier molecular flexibility index (Phi) is 4.51. The largest absolute Gasteiger partial charge is 0.446 e. The molecule has 0 spiro atoms. The molecule has 1 saturated heterocycles. The van der Waals surface area contributed by atoms with Gasteiger partial charge < -0.3 is 10.1 Å². The van der Waals surface area contributed by atoms with Crippen LogP contribution in [0.5, 0.6) is 0 Å². The van der Waals surface area contributed by atoms with E-state index >= 15 is 0 Å². The van der Waals surface area contributed by atoms with Crippen LogP contribution in [0.15, 0.2) is 30.7 Å². The molecule has 1 rings (SSSR count). The van der Waals surface area contributed by atoms with E-state index in [2.05, 4.69) is 17.6 Å². The molecule has 0 aromatic carbocycles. The van der Waals surface area contributed by atoms with Crippen LogP contribution in [0.3, 0.4) is 0 Å². The summed E-state index contributed by atoms with van der Waals surface area (Å²) in [7, 11) is 0. The van der Waals surface area contributed by atoms with Gasteiger partial charge in [0.1, 0.15) is 6.29 Å². The summed E-state index contributed by atoms with van der Waals surface area (Å²) in [6, 6.07) is -0.249. The second kappa shape index (κ2) is 5.90. The highest BCUT2D eigenvalue weighted by molar-refractivity contribution is 5.72. The average molecular weight is 222 g/mol. The summed E-state index contributed by atoms with van der Waals surface area (Å²) in [5.74, 6) is -0.528. The van der Waals surface area contributed by atoms with Crippen molar-refractivity contribution in [2.45, 2.75) is 18.7 Å². The third-order valence-corrected chi connectivity index (χ3v) is 2.33. The molecule has 3 atom stereocenters. The molecule has 0 saturated carbocycles. The second-order valence-electron chi connectivity index (χ2n) is 3.38. The van der Waals surface area contributed by atoms with E-state index in [-0.39, 0.29) is 24.3 Å². The van der Waals surface area contributed by atoms with Gasteiger partial charge in [-0.15, -0.1) is 5.73 Å². The SMILES string of the molecule is C=C=CNC(C=CC=O)C1CC(=O)OC1N. The van der Waals surface area contributed by atoms with Gasteiger partial charge in [-0.2, -0.15) is 0 Å². The lowest BCUT2D eigenvalue weighted by Gasteiger charge is -2.21. The molecule has 0 aromatic heterocycles. The van der Waals surface area contributed by atoms with Gasteiger partial charge in [-0.25, -0.2) is 0 Å². The minimum absolute atomic E-state index is 0.201. The fourth-order valence-corrected chi connectivity index (χ4v) is 1.57. The van der Waals surface area contributed by atoms with Gasteiger partial charge in [0.2, 0.25) is 0 Å². The number of nitrogens with one attached hydrogen (secondary N) is 1. The number of esters is 1. The zero-order valence-electron chi connectivity index (χ0n) is 8.76. The van der Waals surface area contributed by atoms with E-state index in [9.17, 15) is 9.59 Å². The van der Waals surface area contributed by atoms with Crippen LogP contribution in [0.4, 0.5) is 0 Å². The molecule has 3 N–H and O–H groups in total. The molecule has 0 amide bonds. The lowest BCUT2D eigenvalue weighted by molar-refractivity contribution is -0.141. The lowest BCUT2D eigenvalue weighted by Crippen LogP contribution is -2.40. The van der Waals surface area contributed by atoms with Gasteiger partial charge in [-0.1, -0.05) is 12.7 Å². The Bertz CT molecular complexity index is 345. The Labute approximate surface area is 93.6 Å². The minimum Gasteiger partial charge on any atom is -0.446 e. The van der Waals surface area contributed by atoms with Crippen molar-refractivity contribution in [1.82, 2.24) is 5.32 Å². The normalized spacial score (nSPS) is 25.9. The van der Waals surface area contributed by atoms with Gasteiger partial charge in [-0.3, -0.25) is 15.3 Å². The maximum Gasteiger partial charge on any atom is 0.307 e. The van der Waals surface area contributed by atoms with Gasteiger partial charge in [0.15, 0.2) is 6.23 Å². The first-order valence-corrected chi connectivity index (χ1v) is 4.86. The third kappa shape index (κ3) is 3.08. The molecule has 1 fully saturated rings. The first kappa shape index (κ1) is 12.2. The lowest BCUT2D eigenvalue weighted by atomic mass is 9.96. The van der Waals surface area contributed by atoms with Crippen LogP contribution in [0, 0.1) is 5.92 Å². The molecule has 1 heterocycles. The van der Waals surface area contributed by atoms with Crippen molar-refractivity contribution in [2.75, 3.05) is 0 Å². The van der Waals surface area contributed by atoms with E-state index in [1.165, 1.54) is 12.3 Å². The van der Waals surface area contributed by atoms with Crippen molar-refractivity contribution in [3.63, 3.8) is 0 Å². The molecule has 1 aliphatic rings. The van der Waals surface area contributed by atoms with Gasteiger partial charge in [0.25, 0.3) is 0 Å². The zero-order valence-corrected chi connectivity index (χ0v) is 8.76. The highest BCUT2D eigenvalue weighted by atomic mass is 16.6. The van der Waals surface area contributed by atoms with Crippen LogP contribution in [-0.4, -0.2) is 24.5 Å². The molecular formula is C11H14N2O3. The summed E-state index contributed by atoms with van der Waals surface area (Å²) in [4.78, 5) is 21.3. The molecule has 86 valence electrons. The second-order valence-corrected chi connectivity index (χ2v) is 3.38. The molecule has 0 radical (unpaired) electrons. The zero-order chi connectivity index (χ0) is 12.0. The topological polar surface area (TPSA) is 81.4 Å². The first-order valence-electron chi connectivity index (χ1n) is 4.86. The van der Waals surface area contributed by atoms with Crippen LogP contribution in [0.25, 0.3) is 0 Å². The van der Waals surface area contributed by atoms with Crippen LogP contribution >= 0.6 is 0 Å². The predicted molar refractivity (Wildman–Crippen MR) is 58.0 cm³/mol. The smallest absolute Gasteiger partial charge is 0.307 e. The van der Waals surface area contributed by atoms with E-state index in [4.69, 9.17) is 10.5 Å². The molecule has 5 nitrogen and oxygen atoms in total. The quantitative estimate of drug-likeness (QED) is 0.292. The molecule has 5 heteroatoms. The maximum atomic E-state index is 11.1. The minimum atomic E-state index is -0.653. The molecule has 0 aromatic rings. The van der Waals surface area contributed by atoms with Crippen molar-refractivity contribution >= 4 is 12.3 Å². The van der Waals surface area contributed by atoms with Crippen molar-refractivity contribution in [3.8, 4) is 0 Å². The van der Waals surface area contributed by atoms with Crippen molar-refractivity contribution < 1.29 is 14.3 Å². The van der Waals surface area contributed by atoms with E-state index in [1.807, 2.05) is 0 Å². The monoisotopic (exact) mass is 222 g/mol. The standard InChI is InChI=1S/C11H14N2O3/c1-2-5-13-9(4-3-6-14)8-7-10(15)16-11(8)12/h3-6,8-9,11,13H,1,7,12H2. The number of rotatable bonds is 5. The summed E-state index contributed by atoms with van der Waals surface area (Å²) < 4.78 is 4.84. The Balaban J connectivity index is 2.74. The summed E-state index contributed by atoms with van der Waals surface area (Å²) in [5, 5.41) is 2.94. The number of hydrogen-bond donors (Lipinski definition) is 2. The van der Waals surface area contributed by atoms with Gasteiger partial charge >= 0.3 is 5.97 Å². The number of hydrogen-bond acceptors (Lipinski definition) is 5. The highest BCUT2D eigenvalue weighted by Crippen LogP contribution is 2.22. The molecular weight excluding hydrogens is 208 g/mol. The van der Waals surface area contributed by atoms with E-state index in [1.54, 1.807) is 6.08 Å². The molecule has 0 aliphatic carbocycles. The summed E-state index contributed by atoms with van der Waals surface area (Å²) in [6.07, 6.45) is 4.73. The molecule has 3 unspecified atom stereocenters. The number of aldehydes is 1. The Morgan fingerprint density at radius 2 is 2.44 bits per heavy atom. The van der Waals surface area contributed by atoms with Gasteiger partial charge in [0.05, 0.1) is 12.5 Å². The van der Waals surface area contributed by atoms with Crippen LogP contribution in [0.2, 0.25) is 0 Å². The Morgan fingerprint density at radius 1 is 1.69 bits per heavy atom. The first-order chi connectivity index (χ1) is 7.69. The van der Waals surface area contributed by atoms with Gasteiger partial charge in [-0.05, 0) is 6.08 Å². The molecule has 0 bridgehead atoms. The number of cyclic esters (lactones) is 1. The predicted octanol–water partition coefficient (Wildman–Crippen LogP) is -0.154. The third-order valence-electron chi connectivity index (χ3n) is 2.33. The average Bonchev–Trinajstić information content (AvgIpc) is 2.58. The van der Waals surface area contributed by atoms with Crippen LogP contribution in [-0.2, 0) is 14.3 Å². The molecule has 16 heavy (non-hydrogen) atoms. The van der Waals surface area contributed by atoms with Crippen molar-refractivity contribution in [3.05, 3.63) is 30.7 Å². The Morgan fingerprint density at radius 3 is 2.94 bits per heavy atom. The van der Waals surface area contributed by atoms with Crippen LogP contribution in [0.1, 0.15) is 6.42 Å². The van der Waals surface area contributed by atoms with Crippen molar-refractivity contribution in [1.29, 1.82) is 0 Å². The van der Waals surface area contributed by atoms with E-state index in [0.717, 1.165) is 0 Å².